The second-order valence-electron chi connectivity index (χ2n) is 3.58. The molecule has 0 bridgehead atoms. The number of hydrogen-bond acceptors (Lipinski definition) is 6. The van der Waals surface area contributed by atoms with Gasteiger partial charge in [-0.25, -0.2) is 9.59 Å². The summed E-state index contributed by atoms with van der Waals surface area (Å²) in [7, 11) is 0. The molecule has 1 aliphatic heterocycles. The lowest BCUT2D eigenvalue weighted by Crippen LogP contribution is -2.33. The highest BCUT2D eigenvalue weighted by Crippen LogP contribution is 2.06. The molecule has 0 fully saturated rings. The topological polar surface area (TPSA) is 98.8 Å². The van der Waals surface area contributed by atoms with Gasteiger partial charge in [0.2, 0.25) is 5.91 Å². The fraction of sp³-hybridized carbons (Fsp3) is 0.333. The monoisotopic (exact) mass is 267 g/mol. The Morgan fingerprint density at radius 2 is 1.89 bits per heavy atom. The summed E-state index contributed by atoms with van der Waals surface area (Å²) in [6.45, 7) is 1.68. The molecule has 102 valence electrons. The maximum atomic E-state index is 11.2. The zero-order valence-corrected chi connectivity index (χ0v) is 10.3. The van der Waals surface area contributed by atoms with E-state index < -0.39 is 23.8 Å². The van der Waals surface area contributed by atoms with Gasteiger partial charge in [0.15, 0.2) is 0 Å². The Morgan fingerprint density at radius 3 is 2.47 bits per heavy atom. The van der Waals surface area contributed by atoms with Crippen molar-refractivity contribution in [3.05, 3.63) is 23.8 Å². The van der Waals surface area contributed by atoms with Gasteiger partial charge in [0.1, 0.15) is 6.61 Å². The van der Waals surface area contributed by atoms with Crippen LogP contribution in [0.15, 0.2) is 23.8 Å². The molecule has 7 nitrogen and oxygen atoms in total. The summed E-state index contributed by atoms with van der Waals surface area (Å²) in [5.41, 5.74) is 0.395. The smallest absolute Gasteiger partial charge is 0.331 e. The van der Waals surface area contributed by atoms with Crippen LogP contribution in [0.25, 0.3) is 0 Å². The van der Waals surface area contributed by atoms with E-state index in [9.17, 15) is 19.2 Å². The molecule has 0 unspecified atom stereocenters. The second kappa shape index (κ2) is 7.10. The molecule has 0 spiro atoms. The van der Waals surface area contributed by atoms with Crippen molar-refractivity contribution in [3.63, 3.8) is 0 Å². The van der Waals surface area contributed by atoms with Gasteiger partial charge in [0.25, 0.3) is 5.91 Å². The molecule has 1 aliphatic rings. The van der Waals surface area contributed by atoms with E-state index in [1.165, 1.54) is 6.08 Å². The van der Waals surface area contributed by atoms with Gasteiger partial charge >= 0.3 is 11.9 Å². The first-order chi connectivity index (χ1) is 9.01. The highest BCUT2D eigenvalue weighted by Gasteiger charge is 2.16. The predicted molar refractivity (Wildman–Crippen MR) is 62.6 cm³/mol. The zero-order valence-electron chi connectivity index (χ0n) is 10.3. The fourth-order valence-corrected chi connectivity index (χ4v) is 1.29. The third-order valence-corrected chi connectivity index (χ3v) is 2.03. The van der Waals surface area contributed by atoms with Crippen LogP contribution in [0.1, 0.15) is 13.3 Å². The van der Waals surface area contributed by atoms with Crippen molar-refractivity contribution in [2.45, 2.75) is 13.3 Å². The van der Waals surface area contributed by atoms with E-state index in [1.807, 2.05) is 0 Å². The molecular weight excluding hydrogens is 254 g/mol. The number of hydrogen-bond donors (Lipinski definition) is 1. The van der Waals surface area contributed by atoms with Gasteiger partial charge in [0, 0.05) is 18.2 Å². The van der Waals surface area contributed by atoms with Crippen LogP contribution >= 0.6 is 0 Å². The van der Waals surface area contributed by atoms with Gasteiger partial charge in [-0.05, 0) is 12.5 Å². The highest BCUT2D eigenvalue weighted by molar-refractivity contribution is 6.05. The molecule has 0 aromatic heterocycles. The zero-order chi connectivity index (χ0) is 14.3. The lowest BCUT2D eigenvalue weighted by molar-refractivity contribution is -0.139. The highest BCUT2D eigenvalue weighted by atomic mass is 16.5. The van der Waals surface area contributed by atoms with Crippen LogP contribution in [0.2, 0.25) is 0 Å². The summed E-state index contributed by atoms with van der Waals surface area (Å²) in [6.07, 6.45) is 3.06. The van der Waals surface area contributed by atoms with Crippen LogP contribution in [-0.4, -0.2) is 37.0 Å². The molecule has 1 rings (SSSR count). The lowest BCUT2D eigenvalue weighted by Gasteiger charge is -2.11. The lowest BCUT2D eigenvalue weighted by atomic mass is 10.1. The summed E-state index contributed by atoms with van der Waals surface area (Å²) in [5.74, 6) is -2.39. The summed E-state index contributed by atoms with van der Waals surface area (Å²) in [4.78, 5) is 44.2. The Bertz CT molecular complexity index is 463. The van der Waals surface area contributed by atoms with Crippen LogP contribution in [0.4, 0.5) is 0 Å². The first-order valence-corrected chi connectivity index (χ1v) is 5.56. The van der Waals surface area contributed by atoms with E-state index >= 15 is 0 Å². The summed E-state index contributed by atoms with van der Waals surface area (Å²) in [5, 5.41) is 2.08. The summed E-state index contributed by atoms with van der Waals surface area (Å²) >= 11 is 0. The predicted octanol–water partition coefficient (Wildman–Crippen LogP) is -0.378. The third kappa shape index (κ3) is 5.62. The largest absolute Gasteiger partial charge is 0.463 e. The van der Waals surface area contributed by atoms with Crippen molar-refractivity contribution in [3.8, 4) is 0 Å². The van der Waals surface area contributed by atoms with Crippen LogP contribution in [0.3, 0.4) is 0 Å². The van der Waals surface area contributed by atoms with E-state index in [4.69, 9.17) is 4.74 Å². The minimum absolute atomic E-state index is 0.000606. The Kier molecular flexibility index (Phi) is 5.46. The summed E-state index contributed by atoms with van der Waals surface area (Å²) < 4.78 is 9.35. The molecule has 0 aliphatic carbocycles. The van der Waals surface area contributed by atoms with E-state index in [1.54, 1.807) is 6.92 Å². The van der Waals surface area contributed by atoms with Gasteiger partial charge in [-0.2, -0.15) is 0 Å². The van der Waals surface area contributed by atoms with E-state index in [0.29, 0.717) is 5.57 Å². The van der Waals surface area contributed by atoms with Gasteiger partial charge in [-0.3, -0.25) is 14.9 Å². The van der Waals surface area contributed by atoms with Crippen LogP contribution in [0, 0.1) is 0 Å². The standard InChI is InChI=1S/C12H13NO6/c1-2-18-11(16)3-4-12(17)19-7-8-5-9(14)13-10(15)6-8/h3-5H,2,6-7H2,1H3,(H,13,14,15)/b4-3+. The second-order valence-corrected chi connectivity index (χ2v) is 3.58. The molecule has 7 heteroatoms. The van der Waals surface area contributed by atoms with Crippen LogP contribution in [-0.2, 0) is 28.7 Å². The quantitative estimate of drug-likeness (QED) is 0.414. The Labute approximate surface area is 109 Å². The summed E-state index contributed by atoms with van der Waals surface area (Å²) in [6, 6.07) is 0. The van der Waals surface area contributed by atoms with Gasteiger partial charge in [-0.1, -0.05) is 0 Å². The van der Waals surface area contributed by atoms with Crippen LogP contribution < -0.4 is 5.32 Å². The number of ether oxygens (including phenoxy) is 2. The number of esters is 2. The first-order valence-electron chi connectivity index (χ1n) is 5.56. The van der Waals surface area contributed by atoms with E-state index in [-0.39, 0.29) is 19.6 Å². The molecule has 1 N–H and O–H groups in total. The first kappa shape index (κ1) is 14.6. The van der Waals surface area contributed by atoms with Crippen molar-refractivity contribution >= 4 is 23.8 Å². The number of nitrogens with one attached hydrogen (secondary N) is 1. The van der Waals surface area contributed by atoms with Crippen molar-refractivity contribution in [2.75, 3.05) is 13.2 Å². The molecule has 2 amide bonds. The molecule has 0 radical (unpaired) electrons. The SMILES string of the molecule is CCOC(=O)/C=C/C(=O)OCC1=CC(=O)NC(=O)C1. The minimum atomic E-state index is -0.757. The Morgan fingerprint density at radius 1 is 1.26 bits per heavy atom. The van der Waals surface area contributed by atoms with E-state index in [2.05, 4.69) is 10.1 Å². The minimum Gasteiger partial charge on any atom is -0.463 e. The van der Waals surface area contributed by atoms with Crippen molar-refractivity contribution in [2.24, 2.45) is 0 Å². The van der Waals surface area contributed by atoms with Crippen molar-refractivity contribution < 1.29 is 28.7 Å². The van der Waals surface area contributed by atoms with Crippen molar-refractivity contribution in [1.82, 2.24) is 5.32 Å². The van der Waals surface area contributed by atoms with Gasteiger partial charge < -0.3 is 9.47 Å². The molecule has 0 saturated heterocycles. The average molecular weight is 267 g/mol. The van der Waals surface area contributed by atoms with Gasteiger partial charge in [-0.15, -0.1) is 0 Å². The molecule has 19 heavy (non-hydrogen) atoms. The molecule has 0 saturated carbocycles. The van der Waals surface area contributed by atoms with Gasteiger partial charge in [0.05, 0.1) is 13.0 Å². The third-order valence-electron chi connectivity index (χ3n) is 2.03. The van der Waals surface area contributed by atoms with Crippen molar-refractivity contribution in [1.29, 1.82) is 0 Å². The number of imide groups is 1. The number of amides is 2. The maximum absolute atomic E-state index is 11.2. The Balaban J connectivity index is 2.40. The van der Waals surface area contributed by atoms with E-state index in [0.717, 1.165) is 12.2 Å². The van der Waals surface area contributed by atoms with Crippen LogP contribution in [0.5, 0.6) is 0 Å². The fourth-order valence-electron chi connectivity index (χ4n) is 1.29. The number of carbonyl (C=O) groups excluding carboxylic acids is 4. The molecule has 0 aromatic carbocycles. The molecule has 1 heterocycles. The average Bonchev–Trinajstić information content (AvgIpc) is 2.33. The molecule has 0 aromatic rings. The normalized spacial score (nSPS) is 14.9. The maximum Gasteiger partial charge on any atom is 0.331 e. The number of carbonyl (C=O) groups is 4. The molecular formula is C12H13NO6. The molecule has 0 atom stereocenters. The number of rotatable bonds is 5. The Hall–Kier alpha value is -2.44.